The van der Waals surface area contributed by atoms with Gasteiger partial charge in [-0.05, 0) is 37.8 Å². The summed E-state index contributed by atoms with van der Waals surface area (Å²) < 4.78 is 11.7. The highest BCUT2D eigenvalue weighted by atomic mass is 79.9. The molecular weight excluding hydrogens is 336 g/mol. The van der Waals surface area contributed by atoms with Crippen LogP contribution in [0.15, 0.2) is 23.7 Å². The summed E-state index contributed by atoms with van der Waals surface area (Å²) in [5.74, 6) is 1.86. The molecule has 0 amide bonds. The Morgan fingerprint density at radius 2 is 1.38 bits per heavy atom. The Bertz CT molecular complexity index is 269. The molecule has 2 nitrogen and oxygen atoms in total. The topological polar surface area (TPSA) is 18.5 Å². The molecule has 2 aliphatic rings. The molecule has 0 aromatic carbocycles. The van der Waals surface area contributed by atoms with Crippen LogP contribution in [0.4, 0.5) is 0 Å². The predicted octanol–water partition coefficient (Wildman–Crippen LogP) is 3.90. The number of halogens is 2. The molecule has 16 heavy (non-hydrogen) atoms. The van der Waals surface area contributed by atoms with Gasteiger partial charge in [0.25, 0.3) is 0 Å². The lowest BCUT2D eigenvalue weighted by molar-refractivity contribution is 0.0611. The largest absolute Gasteiger partial charge is 0.486 e. The van der Waals surface area contributed by atoms with Crippen molar-refractivity contribution < 1.29 is 9.47 Å². The molecule has 0 saturated carbocycles. The zero-order chi connectivity index (χ0) is 11.4. The molecule has 0 aliphatic carbocycles. The van der Waals surface area contributed by atoms with Gasteiger partial charge in [0, 0.05) is 10.7 Å². The molecule has 0 radical (unpaired) electrons. The van der Waals surface area contributed by atoms with Crippen molar-refractivity contribution in [1.29, 1.82) is 0 Å². The Hall–Kier alpha value is 0.0400. The number of allylic oxidation sites excluding steroid dienone is 2. The van der Waals surface area contributed by atoms with E-state index in [-0.39, 0.29) is 12.2 Å². The fraction of sp³-hybridized carbons (Fsp3) is 0.667. The van der Waals surface area contributed by atoms with Crippen molar-refractivity contribution in [3.63, 3.8) is 0 Å². The van der Waals surface area contributed by atoms with E-state index in [2.05, 4.69) is 44.0 Å². The summed E-state index contributed by atoms with van der Waals surface area (Å²) in [5.41, 5.74) is 0. The van der Waals surface area contributed by atoms with E-state index in [4.69, 9.17) is 9.47 Å². The van der Waals surface area contributed by atoms with Crippen molar-refractivity contribution in [2.75, 3.05) is 10.7 Å². The molecule has 4 heteroatoms. The maximum absolute atomic E-state index is 5.87. The van der Waals surface area contributed by atoms with Gasteiger partial charge in [-0.15, -0.1) is 0 Å². The van der Waals surface area contributed by atoms with Crippen LogP contribution in [0.1, 0.15) is 25.7 Å². The van der Waals surface area contributed by atoms with Crippen molar-refractivity contribution >= 4 is 31.9 Å². The highest BCUT2D eigenvalue weighted by molar-refractivity contribution is 9.09. The van der Waals surface area contributed by atoms with Crippen molar-refractivity contribution in [3.8, 4) is 0 Å². The number of hydrogen-bond acceptors (Lipinski definition) is 2. The maximum Gasteiger partial charge on any atom is 0.157 e. The van der Waals surface area contributed by atoms with Gasteiger partial charge in [0.05, 0.1) is 0 Å². The van der Waals surface area contributed by atoms with Crippen LogP contribution in [0, 0.1) is 0 Å². The minimum atomic E-state index is 0.286. The molecule has 0 spiro atoms. The maximum atomic E-state index is 5.87. The molecule has 0 saturated heterocycles. The standard InChI is InChI=1S/C12H16Br2O2/c13-7-9-3-1-5-11(15-9)12-6-2-4-10(8-14)16-12/h5-6,9-10H,1-4,7-8H2/t9-,10-/m1/s1. The molecule has 0 unspecified atom stereocenters. The van der Waals surface area contributed by atoms with Crippen molar-refractivity contribution in [1.82, 2.24) is 0 Å². The molecule has 2 aliphatic heterocycles. The lowest BCUT2D eigenvalue weighted by Crippen LogP contribution is -2.23. The predicted molar refractivity (Wildman–Crippen MR) is 72.0 cm³/mol. The number of hydrogen-bond donors (Lipinski definition) is 0. The lowest BCUT2D eigenvalue weighted by atomic mass is 10.1. The Labute approximate surface area is 113 Å². The average molecular weight is 352 g/mol. The molecule has 90 valence electrons. The number of alkyl halides is 2. The molecule has 2 atom stereocenters. The third kappa shape index (κ3) is 3.04. The van der Waals surface area contributed by atoms with Crippen molar-refractivity contribution in [2.24, 2.45) is 0 Å². The van der Waals surface area contributed by atoms with E-state index >= 15 is 0 Å². The normalized spacial score (nSPS) is 29.9. The molecule has 0 aromatic heterocycles. The second kappa shape index (κ2) is 6.10. The summed E-state index contributed by atoms with van der Waals surface area (Å²) in [4.78, 5) is 0. The smallest absolute Gasteiger partial charge is 0.157 e. The molecule has 0 aromatic rings. The Morgan fingerprint density at radius 3 is 1.75 bits per heavy atom. The summed E-state index contributed by atoms with van der Waals surface area (Å²) in [5, 5.41) is 1.78. The minimum Gasteiger partial charge on any atom is -0.486 e. The Morgan fingerprint density at radius 1 is 0.938 bits per heavy atom. The number of ether oxygens (including phenoxy) is 2. The third-order valence-electron chi connectivity index (χ3n) is 2.81. The van der Waals surface area contributed by atoms with E-state index in [0.29, 0.717) is 0 Å². The number of rotatable bonds is 3. The Kier molecular flexibility index (Phi) is 4.77. The van der Waals surface area contributed by atoms with Gasteiger partial charge in [0.1, 0.15) is 12.2 Å². The van der Waals surface area contributed by atoms with Gasteiger partial charge in [0.2, 0.25) is 0 Å². The first-order valence-electron chi connectivity index (χ1n) is 5.69. The highest BCUT2D eigenvalue weighted by Crippen LogP contribution is 2.29. The molecule has 2 heterocycles. The molecular formula is C12H16Br2O2. The van der Waals surface area contributed by atoms with Crippen LogP contribution in [0.3, 0.4) is 0 Å². The summed E-state index contributed by atoms with van der Waals surface area (Å²) in [6.07, 6.45) is 9.18. The summed E-state index contributed by atoms with van der Waals surface area (Å²) in [6, 6.07) is 0. The SMILES string of the molecule is BrC[C@H]1CCC=C(C2=CCC[C@H](CBr)O2)O1. The fourth-order valence-corrected chi connectivity index (χ4v) is 2.82. The summed E-state index contributed by atoms with van der Waals surface area (Å²) in [7, 11) is 0. The van der Waals surface area contributed by atoms with Gasteiger partial charge in [-0.25, -0.2) is 0 Å². The zero-order valence-corrected chi connectivity index (χ0v) is 12.3. The highest BCUT2D eigenvalue weighted by Gasteiger charge is 2.23. The fourth-order valence-electron chi connectivity index (χ4n) is 1.91. The van der Waals surface area contributed by atoms with Crippen LogP contribution < -0.4 is 0 Å². The van der Waals surface area contributed by atoms with E-state index < -0.39 is 0 Å². The van der Waals surface area contributed by atoms with Gasteiger partial charge in [-0.3, -0.25) is 0 Å². The van der Waals surface area contributed by atoms with Crippen molar-refractivity contribution in [2.45, 2.75) is 37.9 Å². The van der Waals surface area contributed by atoms with E-state index in [0.717, 1.165) is 47.9 Å². The molecule has 2 rings (SSSR count). The van der Waals surface area contributed by atoms with Gasteiger partial charge >= 0.3 is 0 Å². The van der Waals surface area contributed by atoms with Crippen LogP contribution in [-0.4, -0.2) is 22.9 Å². The molecule has 0 fully saturated rings. The van der Waals surface area contributed by atoms with Crippen LogP contribution in [-0.2, 0) is 9.47 Å². The second-order valence-electron chi connectivity index (χ2n) is 4.08. The van der Waals surface area contributed by atoms with Gasteiger partial charge in [0.15, 0.2) is 11.5 Å². The van der Waals surface area contributed by atoms with E-state index in [1.165, 1.54) is 0 Å². The first kappa shape index (κ1) is 12.5. The molecule has 0 bridgehead atoms. The third-order valence-corrected chi connectivity index (χ3v) is 4.26. The van der Waals surface area contributed by atoms with Gasteiger partial charge in [-0.2, -0.15) is 0 Å². The van der Waals surface area contributed by atoms with E-state index in [1.54, 1.807) is 0 Å². The zero-order valence-electron chi connectivity index (χ0n) is 9.12. The quantitative estimate of drug-likeness (QED) is 0.718. The van der Waals surface area contributed by atoms with Crippen molar-refractivity contribution in [3.05, 3.63) is 23.7 Å². The Balaban J connectivity index is 2.01. The minimum absolute atomic E-state index is 0.286. The first-order valence-corrected chi connectivity index (χ1v) is 7.93. The lowest BCUT2D eigenvalue weighted by Gasteiger charge is -2.29. The van der Waals surface area contributed by atoms with Gasteiger partial charge in [-0.1, -0.05) is 31.9 Å². The molecule has 0 N–H and O–H groups in total. The summed E-state index contributed by atoms with van der Waals surface area (Å²) in [6.45, 7) is 0. The summed E-state index contributed by atoms with van der Waals surface area (Å²) >= 11 is 6.94. The van der Waals surface area contributed by atoms with Crippen LogP contribution >= 0.6 is 31.9 Å². The second-order valence-corrected chi connectivity index (χ2v) is 5.37. The van der Waals surface area contributed by atoms with Crippen LogP contribution in [0.5, 0.6) is 0 Å². The first-order chi connectivity index (χ1) is 7.83. The van der Waals surface area contributed by atoms with Crippen LogP contribution in [0.2, 0.25) is 0 Å². The average Bonchev–Trinajstić information content (AvgIpc) is 2.39. The monoisotopic (exact) mass is 350 g/mol. The van der Waals surface area contributed by atoms with Crippen LogP contribution in [0.25, 0.3) is 0 Å². The van der Waals surface area contributed by atoms with Gasteiger partial charge < -0.3 is 9.47 Å². The van der Waals surface area contributed by atoms with E-state index in [1.807, 2.05) is 0 Å². The van der Waals surface area contributed by atoms with E-state index in [9.17, 15) is 0 Å².